The lowest BCUT2D eigenvalue weighted by atomic mass is 9.95. The molecule has 32 heavy (non-hydrogen) atoms. The van der Waals surface area contributed by atoms with Crippen molar-refractivity contribution in [3.05, 3.63) is 88.5 Å². The molecule has 3 heterocycles. The van der Waals surface area contributed by atoms with Crippen LogP contribution < -0.4 is 9.64 Å². The predicted molar refractivity (Wildman–Crippen MR) is 121 cm³/mol. The molecule has 4 aromatic rings. The molecule has 2 aromatic carbocycles. The molecule has 0 aliphatic carbocycles. The smallest absolute Gasteiger partial charge is 0.296 e. The number of Topliss-reactive ketones (excluding diaryl/α,β-unsaturated/α-hetero) is 1. The highest BCUT2D eigenvalue weighted by Crippen LogP contribution is 2.44. The fourth-order valence-electron chi connectivity index (χ4n) is 3.69. The molecule has 9 heteroatoms. The zero-order valence-corrected chi connectivity index (χ0v) is 18.2. The van der Waals surface area contributed by atoms with Gasteiger partial charge in [0.2, 0.25) is 5.78 Å². The van der Waals surface area contributed by atoms with Crippen LogP contribution in [0.15, 0.2) is 76.6 Å². The van der Waals surface area contributed by atoms with E-state index in [1.165, 1.54) is 28.6 Å². The number of nitrogens with zero attached hydrogens (tertiary/aromatic N) is 2. The third kappa shape index (κ3) is 3.24. The number of fused-ring (bicyclic) bond motifs is 1. The number of hydrogen-bond acceptors (Lipinski definition) is 7. The van der Waals surface area contributed by atoms with Gasteiger partial charge in [0.05, 0.1) is 35.2 Å². The van der Waals surface area contributed by atoms with Crippen LogP contribution >= 0.6 is 22.9 Å². The van der Waals surface area contributed by atoms with Crippen LogP contribution in [0.5, 0.6) is 5.75 Å². The molecule has 1 aliphatic heterocycles. The number of ether oxygens (including phenoxy) is 1. The number of aromatic nitrogens is 1. The van der Waals surface area contributed by atoms with Gasteiger partial charge >= 0.3 is 0 Å². The molecule has 0 bridgehead atoms. The van der Waals surface area contributed by atoms with Crippen molar-refractivity contribution in [2.24, 2.45) is 0 Å². The van der Waals surface area contributed by atoms with E-state index >= 15 is 0 Å². The number of hydrogen-bond donors (Lipinski definition) is 1. The second-order valence-electron chi connectivity index (χ2n) is 7.03. The van der Waals surface area contributed by atoms with Crippen LogP contribution in [0.2, 0.25) is 5.02 Å². The highest BCUT2D eigenvalue weighted by Gasteiger charge is 2.46. The number of halogens is 1. The molecule has 2 aromatic heterocycles. The van der Waals surface area contributed by atoms with E-state index in [4.69, 9.17) is 20.8 Å². The molecule has 7 nitrogen and oxygen atoms in total. The summed E-state index contributed by atoms with van der Waals surface area (Å²) in [6, 6.07) is 14.3. The maximum Gasteiger partial charge on any atom is 0.296 e. The molecule has 5 rings (SSSR count). The van der Waals surface area contributed by atoms with Crippen LogP contribution in [0.1, 0.15) is 22.2 Å². The molecule has 1 amide bonds. The molecular weight excluding hydrogens is 452 g/mol. The number of rotatable bonds is 5. The molecule has 1 unspecified atom stereocenters. The van der Waals surface area contributed by atoms with E-state index < -0.39 is 23.5 Å². The third-order valence-corrected chi connectivity index (χ3v) is 6.41. The average Bonchev–Trinajstić information content (AvgIpc) is 3.51. The lowest BCUT2D eigenvalue weighted by Crippen LogP contribution is -2.30. The molecule has 0 saturated heterocycles. The molecular formula is C23H15ClN2O5S. The fraction of sp³-hybridized carbons (Fsp3) is 0.0870. The number of carbonyl (C=O) groups is 2. The Morgan fingerprint density at radius 3 is 2.78 bits per heavy atom. The first-order valence-corrected chi connectivity index (χ1v) is 10.7. The Bertz CT molecular complexity index is 1390. The van der Waals surface area contributed by atoms with Crippen molar-refractivity contribution >= 4 is 50.0 Å². The van der Waals surface area contributed by atoms with Gasteiger partial charge in [0.25, 0.3) is 5.91 Å². The molecule has 1 N–H and O–H groups in total. The molecule has 0 radical (unpaired) electrons. The number of ketones is 1. The van der Waals surface area contributed by atoms with Crippen molar-refractivity contribution in [1.82, 2.24) is 4.98 Å². The second kappa shape index (κ2) is 7.81. The zero-order valence-electron chi connectivity index (χ0n) is 16.6. The maximum atomic E-state index is 13.2. The van der Waals surface area contributed by atoms with E-state index in [2.05, 4.69) is 4.98 Å². The summed E-state index contributed by atoms with van der Waals surface area (Å²) in [5.74, 6) is -1.29. The molecule has 1 atom stereocenters. The Morgan fingerprint density at radius 1 is 1.22 bits per heavy atom. The normalized spacial score (nSPS) is 16.2. The van der Waals surface area contributed by atoms with E-state index in [1.807, 2.05) is 6.07 Å². The highest BCUT2D eigenvalue weighted by molar-refractivity contribution is 7.22. The predicted octanol–water partition coefficient (Wildman–Crippen LogP) is 5.33. The molecule has 160 valence electrons. The highest BCUT2D eigenvalue weighted by atomic mass is 35.5. The first-order valence-electron chi connectivity index (χ1n) is 9.53. The molecule has 1 aliphatic rings. The number of benzene rings is 2. The van der Waals surface area contributed by atoms with Crippen molar-refractivity contribution in [2.75, 3.05) is 12.0 Å². The van der Waals surface area contributed by atoms with Crippen molar-refractivity contribution < 1.29 is 23.8 Å². The molecule has 0 fully saturated rings. The fourth-order valence-corrected chi connectivity index (χ4v) is 4.91. The topological polar surface area (TPSA) is 92.9 Å². The number of furan rings is 1. The van der Waals surface area contributed by atoms with Gasteiger partial charge in [-0.05, 0) is 48.0 Å². The van der Waals surface area contributed by atoms with Crippen LogP contribution in [0.25, 0.3) is 10.2 Å². The number of aliphatic hydroxyl groups is 1. The van der Waals surface area contributed by atoms with Gasteiger partial charge in [0, 0.05) is 5.02 Å². The van der Waals surface area contributed by atoms with Crippen LogP contribution in [0.3, 0.4) is 0 Å². The Morgan fingerprint density at radius 2 is 2.06 bits per heavy atom. The summed E-state index contributed by atoms with van der Waals surface area (Å²) >= 11 is 7.45. The summed E-state index contributed by atoms with van der Waals surface area (Å²) in [6.07, 6.45) is 1.36. The zero-order chi connectivity index (χ0) is 22.4. The quantitative estimate of drug-likeness (QED) is 0.399. The van der Waals surface area contributed by atoms with Gasteiger partial charge in [0.15, 0.2) is 16.7 Å². The number of aliphatic hydroxyl groups excluding tert-OH is 1. The molecule has 0 spiro atoms. The summed E-state index contributed by atoms with van der Waals surface area (Å²) in [5, 5.41) is 11.5. The Labute approximate surface area is 191 Å². The first kappa shape index (κ1) is 20.3. The summed E-state index contributed by atoms with van der Waals surface area (Å²) in [4.78, 5) is 32.3. The van der Waals surface area contributed by atoms with Crippen molar-refractivity contribution in [1.29, 1.82) is 0 Å². The third-order valence-electron chi connectivity index (χ3n) is 5.15. The minimum atomic E-state index is -0.929. The molecule has 0 saturated carbocycles. The van der Waals surface area contributed by atoms with E-state index in [0.29, 0.717) is 27.0 Å². The van der Waals surface area contributed by atoms with E-state index in [0.717, 1.165) is 4.70 Å². The SMILES string of the molecule is COc1ccc2nc(N3C(=O)C(O)=C(C(=O)c4ccco4)C3c3cccc(Cl)c3)sc2c1. The van der Waals surface area contributed by atoms with Crippen LogP contribution in [0.4, 0.5) is 5.13 Å². The lowest BCUT2D eigenvalue weighted by Gasteiger charge is -2.24. The van der Waals surface area contributed by atoms with Crippen molar-refractivity contribution in [2.45, 2.75) is 6.04 Å². The summed E-state index contributed by atoms with van der Waals surface area (Å²) in [7, 11) is 1.57. The van der Waals surface area contributed by atoms with Crippen LogP contribution in [-0.4, -0.2) is 28.9 Å². The number of amides is 1. The monoisotopic (exact) mass is 466 g/mol. The van der Waals surface area contributed by atoms with Crippen LogP contribution in [-0.2, 0) is 4.79 Å². The Kier molecular flexibility index (Phi) is 4.96. The van der Waals surface area contributed by atoms with Gasteiger partial charge in [-0.1, -0.05) is 35.1 Å². The summed E-state index contributed by atoms with van der Waals surface area (Å²) in [5.41, 5.74) is 1.12. The minimum Gasteiger partial charge on any atom is -0.503 e. The minimum absolute atomic E-state index is 0.0160. The van der Waals surface area contributed by atoms with E-state index in [9.17, 15) is 14.7 Å². The Hall–Kier alpha value is -3.62. The van der Waals surface area contributed by atoms with Gasteiger partial charge in [-0.3, -0.25) is 14.5 Å². The Balaban J connectivity index is 1.68. The van der Waals surface area contributed by atoms with E-state index in [1.54, 1.807) is 49.6 Å². The average molecular weight is 467 g/mol. The number of anilines is 1. The number of carbonyl (C=O) groups excluding carboxylic acids is 2. The largest absolute Gasteiger partial charge is 0.503 e. The second-order valence-corrected chi connectivity index (χ2v) is 8.48. The van der Waals surface area contributed by atoms with Crippen molar-refractivity contribution in [3.63, 3.8) is 0 Å². The number of methoxy groups -OCH3 is 1. The van der Waals surface area contributed by atoms with Gasteiger partial charge in [-0.25, -0.2) is 4.98 Å². The van der Waals surface area contributed by atoms with Crippen LogP contribution in [0, 0.1) is 0 Å². The van der Waals surface area contributed by atoms with Gasteiger partial charge in [-0.2, -0.15) is 0 Å². The lowest BCUT2D eigenvalue weighted by molar-refractivity contribution is -0.117. The van der Waals surface area contributed by atoms with Gasteiger partial charge < -0.3 is 14.3 Å². The summed E-state index contributed by atoms with van der Waals surface area (Å²) in [6.45, 7) is 0. The first-order chi connectivity index (χ1) is 15.5. The summed E-state index contributed by atoms with van der Waals surface area (Å²) < 4.78 is 11.3. The number of thiazole rings is 1. The maximum absolute atomic E-state index is 13.2. The van der Waals surface area contributed by atoms with Gasteiger partial charge in [-0.15, -0.1) is 0 Å². The van der Waals surface area contributed by atoms with Gasteiger partial charge in [0.1, 0.15) is 5.75 Å². The standard InChI is InChI=1S/C23H15ClN2O5S/c1-30-14-7-8-15-17(11-14)32-23(25-15)26-19(12-4-2-5-13(24)10-12)18(21(28)22(26)29)20(27)16-6-3-9-31-16/h2-11,19,28H,1H3. The van der Waals surface area contributed by atoms with E-state index in [-0.39, 0.29) is 11.3 Å². The van der Waals surface area contributed by atoms with Crippen molar-refractivity contribution in [3.8, 4) is 5.75 Å².